The molecule has 2 aromatic rings. The summed E-state index contributed by atoms with van der Waals surface area (Å²) < 4.78 is 2.13. The van der Waals surface area contributed by atoms with Crippen LogP contribution < -0.4 is 10.6 Å². The molecule has 6 heteroatoms. The molecular formula is C19H22N4O2. The van der Waals surface area contributed by atoms with Crippen LogP contribution in [0.1, 0.15) is 41.9 Å². The number of hydrogen-bond donors (Lipinski definition) is 2. The fraction of sp³-hybridized carbons (Fsp3) is 0.421. The molecule has 2 amide bonds. The molecule has 6 nitrogen and oxygen atoms in total. The van der Waals surface area contributed by atoms with Gasteiger partial charge in [-0.15, -0.1) is 0 Å². The van der Waals surface area contributed by atoms with Gasteiger partial charge in [-0.2, -0.15) is 0 Å². The number of aryl methyl sites for hydroxylation is 4. The molecule has 4 rings (SSSR count). The van der Waals surface area contributed by atoms with Gasteiger partial charge in [0.05, 0.1) is 12.2 Å². The van der Waals surface area contributed by atoms with E-state index in [2.05, 4.69) is 20.2 Å². The van der Waals surface area contributed by atoms with Crippen molar-refractivity contribution < 1.29 is 9.59 Å². The summed E-state index contributed by atoms with van der Waals surface area (Å²) >= 11 is 0. The van der Waals surface area contributed by atoms with Crippen LogP contribution >= 0.6 is 0 Å². The number of carbonyl (C=O) groups is 2. The lowest BCUT2D eigenvalue weighted by Crippen LogP contribution is -2.35. The highest BCUT2D eigenvalue weighted by Crippen LogP contribution is 2.24. The molecule has 0 saturated carbocycles. The Morgan fingerprint density at radius 1 is 1.04 bits per heavy atom. The van der Waals surface area contributed by atoms with E-state index in [0.717, 1.165) is 50.2 Å². The first-order valence-corrected chi connectivity index (χ1v) is 8.95. The highest BCUT2D eigenvalue weighted by atomic mass is 16.2. The van der Waals surface area contributed by atoms with Gasteiger partial charge in [-0.25, -0.2) is 4.98 Å². The lowest BCUT2D eigenvalue weighted by Gasteiger charge is -2.11. The van der Waals surface area contributed by atoms with E-state index in [0.29, 0.717) is 5.69 Å². The molecule has 0 radical (unpaired) electrons. The Hall–Kier alpha value is -2.63. The number of aromatic nitrogens is 2. The van der Waals surface area contributed by atoms with E-state index in [1.54, 1.807) is 0 Å². The van der Waals surface area contributed by atoms with Crippen LogP contribution in [0.5, 0.6) is 0 Å². The van der Waals surface area contributed by atoms with Crippen molar-refractivity contribution in [3.8, 4) is 0 Å². The van der Waals surface area contributed by atoms with E-state index in [4.69, 9.17) is 0 Å². The highest BCUT2D eigenvalue weighted by Gasteiger charge is 2.17. The first-order chi connectivity index (χ1) is 12.2. The second-order valence-electron chi connectivity index (χ2n) is 6.77. The molecule has 0 saturated heterocycles. The number of anilines is 1. The van der Waals surface area contributed by atoms with Gasteiger partial charge in [-0.3, -0.25) is 9.59 Å². The maximum atomic E-state index is 12.1. The molecule has 2 heterocycles. The Kier molecular flexibility index (Phi) is 4.26. The van der Waals surface area contributed by atoms with Gasteiger partial charge < -0.3 is 15.2 Å². The van der Waals surface area contributed by atoms with Crippen LogP contribution in [0.3, 0.4) is 0 Å². The van der Waals surface area contributed by atoms with E-state index in [-0.39, 0.29) is 6.54 Å². The number of nitrogens with zero attached hydrogens (tertiary/aromatic N) is 2. The van der Waals surface area contributed by atoms with Crippen LogP contribution in [0.4, 0.5) is 5.69 Å². The molecule has 1 aliphatic heterocycles. The summed E-state index contributed by atoms with van der Waals surface area (Å²) in [5, 5.41) is 5.33. The zero-order chi connectivity index (χ0) is 17.2. The molecule has 130 valence electrons. The minimum absolute atomic E-state index is 0.274. The maximum absolute atomic E-state index is 12.1. The highest BCUT2D eigenvalue weighted by molar-refractivity contribution is 6.39. The molecule has 1 aromatic carbocycles. The summed E-state index contributed by atoms with van der Waals surface area (Å²) in [5.74, 6) is -0.202. The second kappa shape index (κ2) is 6.70. The van der Waals surface area contributed by atoms with Gasteiger partial charge in [0, 0.05) is 24.8 Å². The summed E-state index contributed by atoms with van der Waals surface area (Å²) in [7, 11) is 0. The van der Waals surface area contributed by atoms with E-state index in [1.165, 1.54) is 17.5 Å². The average molecular weight is 338 g/mol. The number of amides is 2. The molecule has 2 aliphatic rings. The summed E-state index contributed by atoms with van der Waals surface area (Å²) in [6, 6.07) is 5.86. The van der Waals surface area contributed by atoms with E-state index >= 15 is 0 Å². The molecule has 2 N–H and O–H groups in total. The zero-order valence-electron chi connectivity index (χ0n) is 14.2. The van der Waals surface area contributed by atoms with E-state index < -0.39 is 11.8 Å². The van der Waals surface area contributed by atoms with Gasteiger partial charge in [-0.1, -0.05) is 6.07 Å². The fourth-order valence-electron chi connectivity index (χ4n) is 3.65. The van der Waals surface area contributed by atoms with Crippen LogP contribution in [0, 0.1) is 0 Å². The molecule has 0 bridgehead atoms. The topological polar surface area (TPSA) is 76.0 Å². The van der Waals surface area contributed by atoms with Crippen molar-refractivity contribution in [1.29, 1.82) is 0 Å². The Morgan fingerprint density at radius 2 is 1.92 bits per heavy atom. The van der Waals surface area contributed by atoms with E-state index in [9.17, 15) is 9.59 Å². The van der Waals surface area contributed by atoms with Crippen LogP contribution in [0.2, 0.25) is 0 Å². The Bertz CT molecular complexity index is 801. The minimum Gasteiger partial charge on any atom is -0.342 e. The fourth-order valence-corrected chi connectivity index (χ4v) is 3.65. The van der Waals surface area contributed by atoms with Crippen LogP contribution in [0.15, 0.2) is 24.4 Å². The van der Waals surface area contributed by atoms with Crippen molar-refractivity contribution in [3.63, 3.8) is 0 Å². The molecule has 25 heavy (non-hydrogen) atoms. The Morgan fingerprint density at radius 3 is 2.80 bits per heavy atom. The predicted octanol–water partition coefficient (Wildman–Crippen LogP) is 1.96. The van der Waals surface area contributed by atoms with Crippen LogP contribution in [-0.4, -0.2) is 21.4 Å². The summed E-state index contributed by atoms with van der Waals surface area (Å²) in [6.07, 6.45) is 8.56. The van der Waals surface area contributed by atoms with Gasteiger partial charge >= 0.3 is 11.8 Å². The molecule has 0 atom stereocenters. The number of benzene rings is 1. The van der Waals surface area contributed by atoms with Gasteiger partial charge in [0.25, 0.3) is 0 Å². The van der Waals surface area contributed by atoms with Gasteiger partial charge in [0.15, 0.2) is 0 Å². The number of carbonyl (C=O) groups excluding carboxylic acids is 2. The van der Waals surface area contributed by atoms with Crippen molar-refractivity contribution >= 4 is 17.5 Å². The normalized spacial score (nSPS) is 15.4. The number of rotatable bonds is 3. The largest absolute Gasteiger partial charge is 0.342 e. The zero-order valence-corrected chi connectivity index (χ0v) is 14.2. The second-order valence-corrected chi connectivity index (χ2v) is 6.77. The first-order valence-electron chi connectivity index (χ1n) is 8.95. The average Bonchev–Trinajstić information content (AvgIpc) is 3.25. The van der Waals surface area contributed by atoms with Gasteiger partial charge in [-0.05, 0) is 55.4 Å². The van der Waals surface area contributed by atoms with E-state index in [1.807, 2.05) is 24.4 Å². The van der Waals surface area contributed by atoms with Gasteiger partial charge in [0.1, 0.15) is 5.82 Å². The minimum atomic E-state index is -0.637. The molecule has 1 aliphatic carbocycles. The van der Waals surface area contributed by atoms with Crippen molar-refractivity contribution in [1.82, 2.24) is 14.9 Å². The third-order valence-corrected chi connectivity index (χ3v) is 4.95. The first kappa shape index (κ1) is 15.9. The standard InChI is InChI=1S/C19H22N4O2/c24-18(20-11-16-12-23-9-2-1-6-17(23)21-16)19(25)22-15-8-7-13-4-3-5-14(13)10-15/h7-8,10,12H,1-6,9,11H2,(H,20,24)(H,22,25). The Labute approximate surface area is 146 Å². The van der Waals surface area contributed by atoms with Gasteiger partial charge in [0.2, 0.25) is 0 Å². The molecule has 0 unspecified atom stereocenters. The lowest BCUT2D eigenvalue weighted by molar-refractivity contribution is -0.136. The van der Waals surface area contributed by atoms with Crippen molar-refractivity contribution in [2.45, 2.75) is 51.6 Å². The van der Waals surface area contributed by atoms with Crippen molar-refractivity contribution in [3.05, 3.63) is 47.0 Å². The smallest absolute Gasteiger partial charge is 0.313 e. The maximum Gasteiger partial charge on any atom is 0.313 e. The molecule has 0 spiro atoms. The lowest BCUT2D eigenvalue weighted by atomic mass is 10.1. The number of nitrogens with one attached hydrogen (secondary N) is 2. The third kappa shape index (κ3) is 3.43. The van der Waals surface area contributed by atoms with Crippen molar-refractivity contribution in [2.75, 3.05) is 5.32 Å². The van der Waals surface area contributed by atoms with Crippen LogP contribution in [-0.2, 0) is 41.9 Å². The third-order valence-electron chi connectivity index (χ3n) is 4.95. The van der Waals surface area contributed by atoms with Crippen LogP contribution in [0.25, 0.3) is 0 Å². The molecule has 0 fully saturated rings. The summed E-state index contributed by atoms with van der Waals surface area (Å²) in [5.41, 5.74) is 4.09. The SMILES string of the molecule is O=C(NCc1cn2c(n1)CCCC2)C(=O)Nc1ccc2c(c1)CCC2. The summed E-state index contributed by atoms with van der Waals surface area (Å²) in [4.78, 5) is 28.6. The van der Waals surface area contributed by atoms with Crippen molar-refractivity contribution in [2.24, 2.45) is 0 Å². The Balaban J connectivity index is 1.33. The molecule has 1 aromatic heterocycles. The summed E-state index contributed by atoms with van der Waals surface area (Å²) in [6.45, 7) is 1.26. The predicted molar refractivity (Wildman–Crippen MR) is 94.1 cm³/mol. The number of imidazole rings is 1. The quantitative estimate of drug-likeness (QED) is 0.840. The molecular weight excluding hydrogens is 316 g/mol. The monoisotopic (exact) mass is 338 g/mol. The number of fused-ring (bicyclic) bond motifs is 2. The number of hydrogen-bond acceptors (Lipinski definition) is 3.